The van der Waals surface area contributed by atoms with Crippen LogP contribution >= 0.6 is 0 Å². The van der Waals surface area contributed by atoms with Crippen molar-refractivity contribution >= 4 is 15.7 Å². The van der Waals surface area contributed by atoms with Crippen molar-refractivity contribution in [1.29, 1.82) is 0 Å². The minimum absolute atomic E-state index is 0.0798. The number of nitrogens with zero attached hydrogens (tertiary/aromatic N) is 4. The minimum atomic E-state index is -3.69. The first-order valence-corrected chi connectivity index (χ1v) is 12.8. The number of piperazine rings is 1. The average molecular weight is 477 g/mol. The number of hydrazine groups is 1. The van der Waals surface area contributed by atoms with Crippen molar-refractivity contribution in [1.82, 2.24) is 24.6 Å². The number of nitrogens with one attached hydrogen (secondary N) is 2. The van der Waals surface area contributed by atoms with E-state index < -0.39 is 10.0 Å². The zero-order chi connectivity index (χ0) is 23.8. The number of fused-ring (bicyclic) bond motifs is 1. The van der Waals surface area contributed by atoms with Gasteiger partial charge < -0.3 is 19.6 Å². The van der Waals surface area contributed by atoms with E-state index in [1.807, 2.05) is 14.0 Å². The SMILES string of the molecule is CCCC1NN(C)c2c1nc(-c1cc(S(=O)(=O)N3CCN(C)CC3)ccc1OCC)[nH]c2=O. The van der Waals surface area contributed by atoms with Crippen LogP contribution in [0.3, 0.4) is 0 Å². The van der Waals surface area contributed by atoms with Crippen LogP contribution in [0.25, 0.3) is 11.4 Å². The molecule has 0 bridgehead atoms. The number of aromatic amines is 1. The number of H-pyrrole nitrogens is 1. The molecule has 3 heterocycles. The Morgan fingerprint density at radius 3 is 2.55 bits per heavy atom. The van der Waals surface area contributed by atoms with Gasteiger partial charge in [-0.25, -0.2) is 18.8 Å². The molecule has 1 unspecified atom stereocenters. The summed E-state index contributed by atoms with van der Waals surface area (Å²) in [5.41, 5.74) is 4.59. The van der Waals surface area contributed by atoms with Crippen molar-refractivity contribution < 1.29 is 13.2 Å². The Hall–Kier alpha value is -2.47. The number of sulfonamides is 1. The van der Waals surface area contributed by atoms with Crippen molar-refractivity contribution in [3.8, 4) is 17.1 Å². The van der Waals surface area contributed by atoms with E-state index in [0.717, 1.165) is 12.8 Å². The zero-order valence-corrected chi connectivity index (χ0v) is 20.4. The lowest BCUT2D eigenvalue weighted by Crippen LogP contribution is -2.47. The van der Waals surface area contributed by atoms with E-state index in [-0.39, 0.29) is 16.5 Å². The van der Waals surface area contributed by atoms with Crippen LogP contribution < -0.4 is 20.7 Å². The summed E-state index contributed by atoms with van der Waals surface area (Å²) in [5.74, 6) is 0.778. The van der Waals surface area contributed by atoms with E-state index in [9.17, 15) is 13.2 Å². The van der Waals surface area contributed by atoms with Crippen LogP contribution in [0.5, 0.6) is 5.75 Å². The predicted octanol–water partition coefficient (Wildman–Crippen LogP) is 1.57. The Bertz CT molecular complexity index is 1170. The maximum atomic E-state index is 13.3. The zero-order valence-electron chi connectivity index (χ0n) is 19.6. The molecular formula is C22H32N6O4S. The fourth-order valence-electron chi connectivity index (χ4n) is 4.34. The number of benzene rings is 1. The standard InChI is InChI=1S/C22H32N6O4S/c1-5-7-17-19-20(27(4)25-17)22(29)24-21(23-19)16-14-15(8-9-18(16)32-6-2)33(30,31)28-12-10-26(3)11-13-28/h8-9,14,17,25H,5-7,10-13H2,1-4H3,(H,23,24,29). The van der Waals surface area contributed by atoms with Crippen molar-refractivity contribution in [2.24, 2.45) is 0 Å². The highest BCUT2D eigenvalue weighted by molar-refractivity contribution is 7.89. The second-order valence-electron chi connectivity index (χ2n) is 8.48. The van der Waals surface area contributed by atoms with Gasteiger partial charge in [0.05, 0.1) is 28.8 Å². The van der Waals surface area contributed by atoms with Crippen molar-refractivity contribution in [2.45, 2.75) is 37.6 Å². The maximum Gasteiger partial charge on any atom is 0.276 e. The fraction of sp³-hybridized carbons (Fsp3) is 0.545. The van der Waals surface area contributed by atoms with Gasteiger partial charge in [-0.15, -0.1) is 0 Å². The summed E-state index contributed by atoms with van der Waals surface area (Å²) in [6, 6.07) is 4.68. The highest BCUT2D eigenvalue weighted by Crippen LogP contribution is 2.35. The van der Waals surface area contributed by atoms with E-state index in [4.69, 9.17) is 9.72 Å². The summed E-state index contributed by atoms with van der Waals surface area (Å²) in [7, 11) is 0.0840. The van der Waals surface area contributed by atoms with Gasteiger partial charge in [0, 0.05) is 33.2 Å². The fourth-order valence-corrected chi connectivity index (χ4v) is 5.79. The molecule has 0 spiro atoms. The first kappa shape index (κ1) is 23.7. The molecule has 1 fully saturated rings. The number of hydrogen-bond acceptors (Lipinski definition) is 8. The molecule has 2 aliphatic rings. The van der Waals surface area contributed by atoms with Gasteiger partial charge in [-0.2, -0.15) is 4.31 Å². The largest absolute Gasteiger partial charge is 0.493 e. The summed E-state index contributed by atoms with van der Waals surface area (Å²) in [5, 5.41) is 1.70. The van der Waals surface area contributed by atoms with E-state index >= 15 is 0 Å². The van der Waals surface area contributed by atoms with Gasteiger partial charge in [0.1, 0.15) is 17.3 Å². The van der Waals surface area contributed by atoms with E-state index in [0.29, 0.717) is 61.3 Å². The number of ether oxygens (including phenoxy) is 1. The van der Waals surface area contributed by atoms with Crippen LogP contribution in [0.1, 0.15) is 38.4 Å². The van der Waals surface area contributed by atoms with Crippen molar-refractivity contribution in [3.05, 3.63) is 34.2 Å². The lowest BCUT2D eigenvalue weighted by molar-refractivity contribution is 0.222. The normalized spacial score (nSPS) is 19.6. The van der Waals surface area contributed by atoms with Crippen LogP contribution in [0.2, 0.25) is 0 Å². The smallest absolute Gasteiger partial charge is 0.276 e. The monoisotopic (exact) mass is 476 g/mol. The molecule has 1 atom stereocenters. The summed E-state index contributed by atoms with van der Waals surface area (Å²) in [6.45, 7) is 6.57. The predicted molar refractivity (Wildman–Crippen MR) is 127 cm³/mol. The molecule has 33 heavy (non-hydrogen) atoms. The third kappa shape index (κ3) is 4.50. The van der Waals surface area contributed by atoms with Crippen LogP contribution in [-0.4, -0.2) is 74.5 Å². The molecule has 2 N–H and O–H groups in total. The highest BCUT2D eigenvalue weighted by atomic mass is 32.2. The van der Waals surface area contributed by atoms with Gasteiger partial charge in [-0.3, -0.25) is 4.79 Å². The van der Waals surface area contributed by atoms with E-state index in [2.05, 4.69) is 22.2 Å². The molecule has 4 rings (SSSR count). The van der Waals surface area contributed by atoms with E-state index in [1.165, 1.54) is 4.31 Å². The van der Waals surface area contributed by atoms with Crippen LogP contribution in [0, 0.1) is 0 Å². The van der Waals surface area contributed by atoms with Gasteiger partial charge in [-0.1, -0.05) is 13.3 Å². The Morgan fingerprint density at radius 1 is 1.15 bits per heavy atom. The lowest BCUT2D eigenvalue weighted by Gasteiger charge is -2.31. The van der Waals surface area contributed by atoms with Gasteiger partial charge in [0.25, 0.3) is 5.56 Å². The second kappa shape index (κ2) is 9.41. The van der Waals surface area contributed by atoms with Crippen LogP contribution in [-0.2, 0) is 10.0 Å². The van der Waals surface area contributed by atoms with Gasteiger partial charge in [0.2, 0.25) is 10.0 Å². The third-order valence-corrected chi connectivity index (χ3v) is 8.01. The molecule has 0 radical (unpaired) electrons. The number of aromatic nitrogens is 2. The van der Waals surface area contributed by atoms with Crippen molar-refractivity contribution in [3.63, 3.8) is 0 Å². The quantitative estimate of drug-likeness (QED) is 0.620. The Kier molecular flexibility index (Phi) is 6.76. The summed E-state index contributed by atoms with van der Waals surface area (Å²) >= 11 is 0. The third-order valence-electron chi connectivity index (χ3n) is 6.12. The molecular weight excluding hydrogens is 444 g/mol. The molecule has 1 saturated heterocycles. The molecule has 1 aromatic carbocycles. The number of rotatable bonds is 7. The molecule has 2 aromatic rings. The molecule has 1 aromatic heterocycles. The Balaban J connectivity index is 1.80. The molecule has 10 nitrogen and oxygen atoms in total. The topological polar surface area (TPSA) is 111 Å². The van der Waals surface area contributed by atoms with Crippen LogP contribution in [0.4, 0.5) is 5.69 Å². The van der Waals surface area contributed by atoms with Gasteiger partial charge in [-0.05, 0) is 38.6 Å². The summed E-state index contributed by atoms with van der Waals surface area (Å²) in [6.07, 6.45) is 1.75. The number of anilines is 1. The molecule has 0 aliphatic carbocycles. The van der Waals surface area contributed by atoms with E-state index in [1.54, 1.807) is 30.3 Å². The Labute approximate surface area is 194 Å². The summed E-state index contributed by atoms with van der Waals surface area (Å²) in [4.78, 5) is 22.8. The maximum absolute atomic E-state index is 13.3. The van der Waals surface area contributed by atoms with Gasteiger partial charge >= 0.3 is 0 Å². The minimum Gasteiger partial charge on any atom is -0.493 e. The van der Waals surface area contributed by atoms with Crippen molar-refractivity contribution in [2.75, 3.05) is 51.9 Å². The molecule has 11 heteroatoms. The van der Waals surface area contributed by atoms with Crippen LogP contribution in [0.15, 0.2) is 27.9 Å². The number of likely N-dealkylation sites (N-methyl/N-ethyl adjacent to an activating group) is 1. The second-order valence-corrected chi connectivity index (χ2v) is 10.4. The highest BCUT2D eigenvalue weighted by Gasteiger charge is 2.32. The van der Waals surface area contributed by atoms with Gasteiger partial charge in [0.15, 0.2) is 0 Å². The summed E-state index contributed by atoms with van der Waals surface area (Å²) < 4.78 is 33.9. The first-order chi connectivity index (χ1) is 15.8. The molecule has 0 amide bonds. The average Bonchev–Trinajstić information content (AvgIpc) is 3.10. The first-order valence-electron chi connectivity index (χ1n) is 11.4. The molecule has 0 saturated carbocycles. The molecule has 180 valence electrons. The molecule has 2 aliphatic heterocycles. The Morgan fingerprint density at radius 2 is 1.88 bits per heavy atom. The lowest BCUT2D eigenvalue weighted by atomic mass is 10.1. The number of hydrogen-bond donors (Lipinski definition) is 2.